The number of aryl methyl sites for hydroxylation is 1. The number of pyridine rings is 1. The van der Waals surface area contributed by atoms with Gasteiger partial charge in [-0.15, -0.1) is 0 Å². The lowest BCUT2D eigenvalue weighted by molar-refractivity contribution is -0.139. The van der Waals surface area contributed by atoms with Crippen LogP contribution in [-0.2, 0) is 20.7 Å². The number of aromatic nitrogens is 1. The van der Waals surface area contributed by atoms with Crippen LogP contribution < -0.4 is 5.73 Å². The second-order valence-corrected chi connectivity index (χ2v) is 6.72. The van der Waals surface area contributed by atoms with Gasteiger partial charge >= 0.3 is 5.97 Å². The molecule has 0 saturated carbocycles. The van der Waals surface area contributed by atoms with Crippen LogP contribution in [0.5, 0.6) is 0 Å². The predicted octanol–water partition coefficient (Wildman–Crippen LogP) is 4.10. The summed E-state index contributed by atoms with van der Waals surface area (Å²) in [6.07, 6.45) is 0.870. The SMILES string of the molecule is CCOC(=O)C1=C(C)OC(N)=C(C#N)C1c1cc2cc(CC)ccc2nc1Cl. The number of fused-ring (bicyclic) bond motifs is 1. The monoisotopic (exact) mass is 397 g/mol. The molecule has 1 atom stereocenters. The summed E-state index contributed by atoms with van der Waals surface area (Å²) in [7, 11) is 0. The quantitative estimate of drug-likeness (QED) is 0.616. The van der Waals surface area contributed by atoms with Gasteiger partial charge < -0.3 is 15.2 Å². The largest absolute Gasteiger partial charge is 0.463 e. The van der Waals surface area contributed by atoms with Crippen LogP contribution in [0.1, 0.15) is 37.8 Å². The van der Waals surface area contributed by atoms with Gasteiger partial charge in [0.2, 0.25) is 5.88 Å². The van der Waals surface area contributed by atoms with E-state index in [1.54, 1.807) is 13.8 Å². The number of benzene rings is 1. The Morgan fingerprint density at radius 3 is 2.79 bits per heavy atom. The molecule has 1 aromatic carbocycles. The number of hydrogen-bond donors (Lipinski definition) is 1. The lowest BCUT2D eigenvalue weighted by Gasteiger charge is -2.27. The predicted molar refractivity (Wildman–Crippen MR) is 106 cm³/mol. The third-order valence-electron chi connectivity index (χ3n) is 4.68. The highest BCUT2D eigenvalue weighted by Crippen LogP contribution is 2.42. The molecule has 0 aliphatic carbocycles. The van der Waals surface area contributed by atoms with Crippen molar-refractivity contribution in [1.29, 1.82) is 5.26 Å². The number of allylic oxidation sites excluding steroid dienone is 2. The van der Waals surface area contributed by atoms with E-state index < -0.39 is 11.9 Å². The summed E-state index contributed by atoms with van der Waals surface area (Å²) in [5, 5.41) is 10.7. The minimum Gasteiger partial charge on any atom is -0.463 e. The van der Waals surface area contributed by atoms with Crippen LogP contribution in [0.15, 0.2) is 47.1 Å². The number of hydrogen-bond acceptors (Lipinski definition) is 6. The van der Waals surface area contributed by atoms with Gasteiger partial charge in [-0.3, -0.25) is 0 Å². The number of ether oxygens (including phenoxy) is 2. The van der Waals surface area contributed by atoms with Crippen LogP contribution in [0.4, 0.5) is 0 Å². The third-order valence-corrected chi connectivity index (χ3v) is 4.98. The van der Waals surface area contributed by atoms with E-state index in [-0.39, 0.29) is 34.5 Å². The summed E-state index contributed by atoms with van der Waals surface area (Å²) < 4.78 is 10.6. The number of carbonyl (C=O) groups excluding carboxylic acids is 1. The Balaban J connectivity index is 2.26. The molecule has 1 aliphatic heterocycles. The molecule has 0 spiro atoms. The molecule has 2 aromatic rings. The molecular formula is C21H20ClN3O3. The summed E-state index contributed by atoms with van der Waals surface area (Å²) in [5.74, 6) is -1.17. The molecule has 1 unspecified atom stereocenters. The average Bonchev–Trinajstić information content (AvgIpc) is 2.66. The van der Waals surface area contributed by atoms with Gasteiger partial charge in [-0.25, -0.2) is 9.78 Å². The van der Waals surface area contributed by atoms with Crippen LogP contribution in [0.25, 0.3) is 10.9 Å². The number of carbonyl (C=O) groups is 1. The van der Waals surface area contributed by atoms with Crippen molar-refractivity contribution < 1.29 is 14.3 Å². The summed E-state index contributed by atoms with van der Waals surface area (Å²) >= 11 is 6.48. The normalized spacial score (nSPS) is 16.8. The highest BCUT2D eigenvalue weighted by Gasteiger charge is 2.37. The average molecular weight is 398 g/mol. The molecule has 28 heavy (non-hydrogen) atoms. The van der Waals surface area contributed by atoms with Crippen LogP contribution >= 0.6 is 11.6 Å². The topological polar surface area (TPSA) is 98.2 Å². The zero-order chi connectivity index (χ0) is 20.4. The summed E-state index contributed by atoms with van der Waals surface area (Å²) in [4.78, 5) is 17.1. The third kappa shape index (κ3) is 3.41. The maximum Gasteiger partial charge on any atom is 0.338 e. The van der Waals surface area contributed by atoms with Gasteiger partial charge in [0.15, 0.2) is 0 Å². The standard InChI is InChI=1S/C21H20ClN3O3/c1-4-12-6-7-16-13(8-12)9-14(19(22)25-16)18-15(10-23)20(24)28-11(3)17(18)21(26)27-5-2/h6-9,18H,4-5,24H2,1-3H3. The molecule has 2 N–H and O–H groups in total. The molecule has 7 heteroatoms. The van der Waals surface area contributed by atoms with Gasteiger partial charge in [-0.1, -0.05) is 24.6 Å². The number of nitriles is 1. The minimum absolute atomic E-state index is 0.0588. The summed E-state index contributed by atoms with van der Waals surface area (Å²) in [6, 6.07) is 9.80. The number of rotatable bonds is 4. The first-order valence-corrected chi connectivity index (χ1v) is 9.33. The van der Waals surface area contributed by atoms with Crippen molar-refractivity contribution in [2.45, 2.75) is 33.1 Å². The van der Waals surface area contributed by atoms with Gasteiger partial charge in [0.05, 0.1) is 23.6 Å². The van der Waals surface area contributed by atoms with Crippen LogP contribution in [0.2, 0.25) is 5.15 Å². The van der Waals surface area contributed by atoms with Crippen molar-refractivity contribution in [3.63, 3.8) is 0 Å². The Bertz CT molecular complexity index is 1070. The Labute approximate surface area is 168 Å². The van der Waals surface area contributed by atoms with Crippen molar-refractivity contribution in [1.82, 2.24) is 4.98 Å². The van der Waals surface area contributed by atoms with Crippen LogP contribution in [0, 0.1) is 11.3 Å². The molecule has 1 aliphatic rings. The lowest BCUT2D eigenvalue weighted by Crippen LogP contribution is -2.26. The highest BCUT2D eigenvalue weighted by molar-refractivity contribution is 6.30. The molecule has 0 saturated heterocycles. The number of nitrogens with two attached hydrogens (primary N) is 1. The first-order chi connectivity index (χ1) is 13.4. The second-order valence-electron chi connectivity index (χ2n) is 6.36. The second kappa shape index (κ2) is 7.91. The smallest absolute Gasteiger partial charge is 0.338 e. The van der Waals surface area contributed by atoms with Gasteiger partial charge in [0.25, 0.3) is 0 Å². The first kappa shape index (κ1) is 19.7. The Hall–Kier alpha value is -3.04. The summed E-state index contributed by atoms with van der Waals surface area (Å²) in [5.41, 5.74) is 8.61. The maximum atomic E-state index is 12.6. The zero-order valence-corrected chi connectivity index (χ0v) is 16.6. The van der Waals surface area contributed by atoms with Crippen molar-refractivity contribution >= 4 is 28.5 Å². The molecule has 0 fully saturated rings. The lowest BCUT2D eigenvalue weighted by atomic mass is 9.83. The Kier molecular flexibility index (Phi) is 5.57. The highest BCUT2D eigenvalue weighted by atomic mass is 35.5. The fourth-order valence-corrected chi connectivity index (χ4v) is 3.56. The summed E-state index contributed by atoms with van der Waals surface area (Å²) in [6.45, 7) is 5.57. The van der Waals surface area contributed by atoms with E-state index in [1.165, 1.54) is 0 Å². The molecular weight excluding hydrogens is 378 g/mol. The van der Waals surface area contributed by atoms with Crippen molar-refractivity contribution in [3.05, 3.63) is 63.3 Å². The molecule has 1 aromatic heterocycles. The van der Waals surface area contributed by atoms with E-state index in [9.17, 15) is 10.1 Å². The minimum atomic E-state index is -0.813. The van der Waals surface area contributed by atoms with Gasteiger partial charge in [0.1, 0.15) is 22.6 Å². The Morgan fingerprint density at radius 2 is 2.14 bits per heavy atom. The van der Waals surface area contributed by atoms with E-state index >= 15 is 0 Å². The molecule has 0 amide bonds. The molecule has 2 heterocycles. The van der Waals surface area contributed by atoms with E-state index in [0.717, 1.165) is 22.9 Å². The molecule has 0 bridgehead atoms. The van der Waals surface area contributed by atoms with Crippen molar-refractivity contribution in [2.24, 2.45) is 5.73 Å². The molecule has 144 valence electrons. The molecule has 0 radical (unpaired) electrons. The molecule has 3 rings (SSSR count). The van der Waals surface area contributed by atoms with Crippen molar-refractivity contribution in [3.8, 4) is 6.07 Å². The Morgan fingerprint density at radius 1 is 1.39 bits per heavy atom. The van der Waals surface area contributed by atoms with E-state index in [0.29, 0.717) is 5.56 Å². The van der Waals surface area contributed by atoms with Crippen LogP contribution in [-0.4, -0.2) is 17.6 Å². The van der Waals surface area contributed by atoms with Gasteiger partial charge in [-0.05, 0) is 44.0 Å². The maximum absolute atomic E-state index is 12.6. The first-order valence-electron chi connectivity index (χ1n) is 8.95. The number of esters is 1. The van der Waals surface area contributed by atoms with Crippen molar-refractivity contribution in [2.75, 3.05) is 6.61 Å². The number of nitrogens with zero attached hydrogens (tertiary/aromatic N) is 2. The fourth-order valence-electron chi connectivity index (χ4n) is 3.31. The van der Waals surface area contributed by atoms with E-state index in [2.05, 4.69) is 11.9 Å². The molecule has 6 nitrogen and oxygen atoms in total. The fraction of sp³-hybridized carbons (Fsp3) is 0.286. The van der Waals surface area contributed by atoms with E-state index in [4.69, 9.17) is 26.8 Å². The van der Waals surface area contributed by atoms with Crippen LogP contribution in [0.3, 0.4) is 0 Å². The van der Waals surface area contributed by atoms with Gasteiger partial charge in [-0.2, -0.15) is 5.26 Å². The zero-order valence-electron chi connectivity index (χ0n) is 15.9. The number of halogens is 1. The van der Waals surface area contributed by atoms with E-state index in [1.807, 2.05) is 30.3 Å². The van der Waals surface area contributed by atoms with Gasteiger partial charge in [0, 0.05) is 10.9 Å².